The van der Waals surface area contributed by atoms with E-state index in [1.807, 2.05) is 24.3 Å². The fraction of sp³-hybridized carbons (Fsp3) is 0.316. The Balaban J connectivity index is 1.65. The maximum atomic E-state index is 14.2. The van der Waals surface area contributed by atoms with Crippen molar-refractivity contribution in [3.05, 3.63) is 108 Å². The third-order valence-electron chi connectivity index (χ3n) is 7.76. The Morgan fingerprint density at radius 2 is 1.35 bits per heavy atom. The average Bonchev–Trinajstić information content (AvgIpc) is 3.45. The van der Waals surface area contributed by atoms with Crippen molar-refractivity contribution in [2.75, 3.05) is 0 Å². The van der Waals surface area contributed by atoms with Crippen molar-refractivity contribution in [1.82, 2.24) is 20.5 Å². The number of alkyl carbamates (subject to hydrolysis) is 1. The topological polar surface area (TPSA) is 182 Å². The SMILES string of the molecule is CC(C)(C)OC(=O)N[C@@H](CCC(=O)O)C(=O)N[C@H](Cc1cn(C=O)c2ccccc12)C(=O)N[C@@H](Cc1ccccc1)C(=O)OCc1ccccc1. The Bertz CT molecular complexity index is 1830. The zero-order chi connectivity index (χ0) is 37.0. The van der Waals surface area contributed by atoms with Crippen LogP contribution in [0.4, 0.5) is 4.79 Å². The highest BCUT2D eigenvalue weighted by Gasteiger charge is 2.32. The molecule has 0 unspecified atom stereocenters. The number of benzene rings is 3. The molecule has 0 saturated heterocycles. The highest BCUT2D eigenvalue weighted by Crippen LogP contribution is 2.22. The van der Waals surface area contributed by atoms with E-state index in [1.54, 1.807) is 87.6 Å². The van der Waals surface area contributed by atoms with E-state index in [2.05, 4.69) is 16.0 Å². The molecule has 268 valence electrons. The quantitative estimate of drug-likeness (QED) is 0.0995. The second kappa shape index (κ2) is 17.6. The molecule has 4 rings (SSSR count). The molecule has 0 aliphatic carbocycles. The van der Waals surface area contributed by atoms with Crippen LogP contribution >= 0.6 is 0 Å². The fourth-order valence-corrected chi connectivity index (χ4v) is 5.36. The first-order chi connectivity index (χ1) is 24.3. The van der Waals surface area contributed by atoms with Gasteiger partial charge in [-0.3, -0.25) is 23.7 Å². The lowest BCUT2D eigenvalue weighted by molar-refractivity contribution is -0.149. The number of carboxylic acids is 1. The first-order valence-electron chi connectivity index (χ1n) is 16.4. The summed E-state index contributed by atoms with van der Waals surface area (Å²) in [5, 5.41) is 17.8. The Labute approximate surface area is 295 Å². The molecule has 1 heterocycles. The molecule has 0 aliphatic heterocycles. The summed E-state index contributed by atoms with van der Waals surface area (Å²) in [6, 6.07) is 21.2. The number of carbonyl (C=O) groups excluding carboxylic acids is 5. The van der Waals surface area contributed by atoms with E-state index >= 15 is 0 Å². The summed E-state index contributed by atoms with van der Waals surface area (Å²) in [5.74, 6) is -3.51. The number of hydrogen-bond acceptors (Lipinski definition) is 8. The molecule has 1 aromatic heterocycles. The molecule has 4 N–H and O–H groups in total. The summed E-state index contributed by atoms with van der Waals surface area (Å²) in [4.78, 5) is 77.3. The molecule has 13 heteroatoms. The molecule has 0 spiro atoms. The van der Waals surface area contributed by atoms with E-state index in [0.29, 0.717) is 22.9 Å². The van der Waals surface area contributed by atoms with Crippen LogP contribution in [0, 0.1) is 0 Å². The second-order valence-corrected chi connectivity index (χ2v) is 12.9. The van der Waals surface area contributed by atoms with Gasteiger partial charge in [0.2, 0.25) is 18.2 Å². The smallest absolute Gasteiger partial charge is 0.408 e. The van der Waals surface area contributed by atoms with Crippen molar-refractivity contribution in [2.45, 2.75) is 76.8 Å². The number of esters is 1. The Morgan fingerprint density at radius 3 is 1.98 bits per heavy atom. The van der Waals surface area contributed by atoms with E-state index in [0.717, 1.165) is 11.1 Å². The van der Waals surface area contributed by atoms with Crippen molar-refractivity contribution in [3.8, 4) is 0 Å². The predicted molar refractivity (Wildman–Crippen MR) is 188 cm³/mol. The zero-order valence-electron chi connectivity index (χ0n) is 28.7. The largest absolute Gasteiger partial charge is 0.481 e. The molecular formula is C38H42N4O9. The van der Waals surface area contributed by atoms with Crippen LogP contribution in [0.2, 0.25) is 0 Å². The number of nitrogens with zero attached hydrogens (tertiary/aromatic N) is 1. The number of ether oxygens (including phenoxy) is 2. The zero-order valence-corrected chi connectivity index (χ0v) is 28.7. The summed E-state index contributed by atoms with van der Waals surface area (Å²) in [7, 11) is 0. The first kappa shape index (κ1) is 37.8. The predicted octanol–water partition coefficient (Wildman–Crippen LogP) is 3.94. The highest BCUT2D eigenvalue weighted by molar-refractivity contribution is 5.95. The summed E-state index contributed by atoms with van der Waals surface area (Å²) < 4.78 is 12.2. The minimum atomic E-state index is -1.39. The molecule has 0 radical (unpaired) electrons. The lowest BCUT2D eigenvalue weighted by Gasteiger charge is -2.26. The molecule has 3 aromatic carbocycles. The van der Waals surface area contributed by atoms with E-state index in [4.69, 9.17) is 9.47 Å². The summed E-state index contributed by atoms with van der Waals surface area (Å²) in [6.07, 6.45) is 0.380. The number of hydrogen-bond donors (Lipinski definition) is 4. The number of fused-ring (bicyclic) bond motifs is 1. The van der Waals surface area contributed by atoms with Crippen LogP contribution in [0.25, 0.3) is 10.9 Å². The Morgan fingerprint density at radius 1 is 0.765 bits per heavy atom. The summed E-state index contributed by atoms with van der Waals surface area (Å²) in [5.41, 5.74) is 1.69. The molecule has 51 heavy (non-hydrogen) atoms. The molecule has 13 nitrogen and oxygen atoms in total. The van der Waals surface area contributed by atoms with E-state index < -0.39 is 60.0 Å². The van der Waals surface area contributed by atoms with Gasteiger partial charge in [-0.1, -0.05) is 78.9 Å². The number of aromatic nitrogens is 1. The standard InChI is InChI=1S/C38H42N4O9/c1-38(2,3)51-37(49)41-29(18-19-33(44)45)34(46)39-30(21-27-22-42(24-43)32-17-11-10-16-28(27)32)35(47)40-31(20-25-12-6-4-7-13-25)36(48)50-23-26-14-8-5-9-15-26/h4-17,22,24,29-31H,18-21,23H2,1-3H3,(H,39,46)(H,40,47)(H,41,49)(H,44,45)/t29-,30+,31-/m0/s1. The van der Waals surface area contributed by atoms with Gasteiger partial charge in [0.15, 0.2) is 0 Å². The van der Waals surface area contributed by atoms with Crippen LogP contribution in [0.15, 0.2) is 91.1 Å². The van der Waals surface area contributed by atoms with Gasteiger partial charge < -0.3 is 30.5 Å². The number of carboxylic acid groups (broad SMARTS) is 1. The van der Waals surface area contributed by atoms with Crippen LogP contribution < -0.4 is 16.0 Å². The van der Waals surface area contributed by atoms with E-state index in [1.165, 1.54) is 4.57 Å². The maximum absolute atomic E-state index is 14.2. The van der Waals surface area contributed by atoms with E-state index in [9.17, 15) is 33.9 Å². The number of rotatable bonds is 16. The minimum Gasteiger partial charge on any atom is -0.481 e. The molecule has 3 amide bonds. The molecular weight excluding hydrogens is 656 g/mol. The average molecular weight is 699 g/mol. The van der Waals surface area contributed by atoms with Crippen molar-refractivity contribution < 1.29 is 43.3 Å². The molecule has 0 saturated carbocycles. The van der Waals surface area contributed by atoms with E-state index in [-0.39, 0.29) is 25.9 Å². The van der Waals surface area contributed by atoms with Crippen molar-refractivity contribution in [2.24, 2.45) is 0 Å². The lowest BCUT2D eigenvalue weighted by Crippen LogP contribution is -2.57. The number of nitrogens with one attached hydrogen (secondary N) is 3. The highest BCUT2D eigenvalue weighted by atomic mass is 16.6. The van der Waals surface area contributed by atoms with Crippen molar-refractivity contribution in [1.29, 1.82) is 0 Å². The Kier molecular flexibility index (Phi) is 13.1. The van der Waals surface area contributed by atoms with Gasteiger partial charge in [0.1, 0.15) is 30.3 Å². The van der Waals surface area contributed by atoms with Gasteiger partial charge in [-0.15, -0.1) is 0 Å². The summed E-state index contributed by atoms with van der Waals surface area (Å²) >= 11 is 0. The maximum Gasteiger partial charge on any atom is 0.408 e. The van der Waals surface area contributed by atoms with Crippen molar-refractivity contribution in [3.63, 3.8) is 0 Å². The third-order valence-corrected chi connectivity index (χ3v) is 7.76. The second-order valence-electron chi connectivity index (χ2n) is 12.9. The monoisotopic (exact) mass is 698 g/mol. The van der Waals surface area contributed by atoms with Gasteiger partial charge in [-0.25, -0.2) is 9.59 Å². The van der Waals surface area contributed by atoms with Gasteiger partial charge in [-0.2, -0.15) is 0 Å². The normalized spacial score (nSPS) is 12.9. The van der Waals surface area contributed by atoms with Gasteiger partial charge in [0.05, 0.1) is 5.52 Å². The molecule has 0 aliphatic rings. The third kappa shape index (κ3) is 11.6. The van der Waals surface area contributed by atoms with Gasteiger partial charge in [0.25, 0.3) is 0 Å². The van der Waals surface area contributed by atoms with Crippen LogP contribution in [-0.2, 0) is 52.9 Å². The van der Waals surface area contributed by atoms with Gasteiger partial charge in [-0.05, 0) is 49.9 Å². The van der Waals surface area contributed by atoms with Crippen molar-refractivity contribution >= 4 is 47.2 Å². The molecule has 0 fully saturated rings. The molecule has 3 atom stereocenters. The van der Waals surface area contributed by atoms with Gasteiger partial charge >= 0.3 is 18.0 Å². The van der Waals surface area contributed by atoms with Crippen LogP contribution in [0.3, 0.4) is 0 Å². The number of aliphatic carboxylic acids is 1. The van der Waals surface area contributed by atoms with Gasteiger partial charge in [0, 0.05) is 30.8 Å². The van der Waals surface area contributed by atoms with Crippen LogP contribution in [-0.4, -0.2) is 69.7 Å². The molecule has 4 aromatic rings. The molecule has 0 bridgehead atoms. The van der Waals surface area contributed by atoms with Crippen LogP contribution in [0.5, 0.6) is 0 Å². The Hall–Kier alpha value is -5.98. The number of amides is 3. The number of para-hydroxylation sites is 1. The number of carbonyl (C=O) groups is 6. The minimum absolute atomic E-state index is 0.0339. The van der Waals surface area contributed by atoms with Crippen LogP contribution in [0.1, 0.15) is 50.3 Å². The first-order valence-corrected chi connectivity index (χ1v) is 16.4. The summed E-state index contributed by atoms with van der Waals surface area (Å²) in [6.45, 7) is 4.86. The fourth-order valence-electron chi connectivity index (χ4n) is 5.36. The lowest BCUT2D eigenvalue weighted by atomic mass is 10.0.